The van der Waals surface area contributed by atoms with Gasteiger partial charge in [-0.15, -0.1) is 12.6 Å². The second-order valence-corrected chi connectivity index (χ2v) is 11.7. The van der Waals surface area contributed by atoms with Crippen molar-refractivity contribution in [3.8, 4) is 0 Å². The molecule has 1 aromatic carbocycles. The molecule has 0 saturated heterocycles. The molecule has 0 aliphatic rings. The lowest BCUT2D eigenvalue weighted by molar-refractivity contribution is -0.142. The Kier molecular flexibility index (Phi) is 16.0. The molecule has 15 nitrogen and oxygen atoms in total. The molecule has 1 rings (SSSR count). The van der Waals surface area contributed by atoms with Crippen molar-refractivity contribution in [1.29, 1.82) is 0 Å². The van der Waals surface area contributed by atoms with Gasteiger partial charge in [-0.3, -0.25) is 33.6 Å². The van der Waals surface area contributed by atoms with Crippen molar-refractivity contribution in [2.45, 2.75) is 94.8 Å². The number of aryl methyl sites for hydroxylation is 1. The molecule has 0 heterocycles. The van der Waals surface area contributed by atoms with E-state index in [0.29, 0.717) is 12.8 Å². The van der Waals surface area contributed by atoms with Gasteiger partial charge >= 0.3 is 17.9 Å². The van der Waals surface area contributed by atoms with Crippen LogP contribution in [0.2, 0.25) is 0 Å². The Balaban J connectivity index is 3.12. The molecule has 0 aliphatic carbocycles. The van der Waals surface area contributed by atoms with Crippen molar-refractivity contribution in [2.75, 3.05) is 0 Å². The van der Waals surface area contributed by atoms with E-state index in [-0.39, 0.29) is 6.42 Å². The van der Waals surface area contributed by atoms with Crippen molar-refractivity contribution < 1.29 is 54.0 Å². The third-order valence-electron chi connectivity index (χ3n) is 6.71. The first-order chi connectivity index (χ1) is 20.9. The number of thiol groups is 1. The lowest BCUT2D eigenvalue weighted by atomic mass is 9.97. The van der Waals surface area contributed by atoms with E-state index >= 15 is 0 Å². The Bertz CT molecular complexity index is 1190. The average molecular weight is 655 g/mol. The summed E-state index contributed by atoms with van der Waals surface area (Å²) in [5.41, 5.74) is 0.985. The fourth-order valence-corrected chi connectivity index (χ4v) is 4.68. The molecule has 5 atom stereocenters. The zero-order chi connectivity index (χ0) is 34.3. The van der Waals surface area contributed by atoms with Gasteiger partial charge in [0.15, 0.2) is 0 Å². The predicted octanol–water partition coefficient (Wildman–Crippen LogP) is 0.0570. The van der Waals surface area contributed by atoms with E-state index in [4.69, 9.17) is 10.2 Å². The van der Waals surface area contributed by atoms with Crippen LogP contribution in [0.3, 0.4) is 0 Å². The maximum atomic E-state index is 13.4. The highest BCUT2D eigenvalue weighted by atomic mass is 32.1. The molecule has 0 fully saturated rings. The van der Waals surface area contributed by atoms with E-state index < -0.39 is 102 Å². The van der Waals surface area contributed by atoms with Crippen LogP contribution < -0.4 is 21.3 Å². The molecule has 250 valence electrons. The first-order valence-corrected chi connectivity index (χ1v) is 14.7. The number of nitrogens with one attached hydrogen (secondary N) is 4. The maximum absolute atomic E-state index is 13.4. The van der Waals surface area contributed by atoms with Crippen LogP contribution >= 0.6 is 12.6 Å². The topological polar surface area (TPSA) is 249 Å². The number of amides is 4. The lowest BCUT2D eigenvalue weighted by Gasteiger charge is -2.34. The fraction of sp³-hybridized carbons (Fsp3) is 0.552. The number of carbonyl (C=O) groups is 7. The molecule has 45 heavy (non-hydrogen) atoms. The highest BCUT2D eigenvalue weighted by Crippen LogP contribution is 2.26. The number of benzene rings is 1. The molecule has 0 unspecified atom stereocenters. The van der Waals surface area contributed by atoms with Gasteiger partial charge in [0.25, 0.3) is 0 Å². The van der Waals surface area contributed by atoms with Gasteiger partial charge in [-0.2, -0.15) is 0 Å². The minimum atomic E-state index is -1.95. The number of rotatable bonds is 20. The number of carbonyl (C=O) groups excluding carboxylic acids is 4. The zero-order valence-corrected chi connectivity index (χ0v) is 26.2. The molecular formula is C29H42N4O11S. The van der Waals surface area contributed by atoms with Gasteiger partial charge in [0.05, 0.1) is 18.9 Å². The van der Waals surface area contributed by atoms with Crippen molar-refractivity contribution in [3.05, 3.63) is 35.9 Å². The lowest BCUT2D eigenvalue weighted by Crippen LogP contribution is -2.60. The van der Waals surface area contributed by atoms with Crippen LogP contribution in [-0.2, 0) is 40.0 Å². The first kappa shape index (κ1) is 38.8. The standard InChI is InChI=1S/C29H42N4O11S/c1-16(2)25(28(43)32-21(15-24(39)40)29(44,45)13-7-10-18-8-5-4-6-9-18)33-26(41)19(11-12-22(35)36)31-27(42)20(14-23(37)38)30-17(3)34/h4-6,8-9,16,19-21,25,44-45H,7,10-15H2,1-3H3,(H,30,34)(H,31,42)(H,32,43)(H,33,41)(H,35,36)(H,37,38)(H,39,40)/t19-,20-,21-,25-,29-/m0/s1. The van der Waals surface area contributed by atoms with Crippen LogP contribution in [0.1, 0.15) is 64.9 Å². The molecule has 16 heteroatoms. The highest BCUT2D eigenvalue weighted by Gasteiger charge is 2.38. The van der Waals surface area contributed by atoms with Crippen LogP contribution in [-0.4, -0.2) is 91.1 Å². The molecular weight excluding hydrogens is 612 g/mol. The van der Waals surface area contributed by atoms with Crippen molar-refractivity contribution >= 4 is 54.2 Å². The molecule has 0 bridgehead atoms. The maximum Gasteiger partial charge on any atom is 0.305 e. The van der Waals surface area contributed by atoms with Crippen LogP contribution in [0.15, 0.2) is 30.3 Å². The summed E-state index contributed by atoms with van der Waals surface area (Å²) in [6, 6.07) is 3.50. The van der Waals surface area contributed by atoms with Crippen LogP contribution in [0, 0.1) is 5.92 Å². The van der Waals surface area contributed by atoms with Gasteiger partial charge < -0.3 is 41.7 Å². The Morgan fingerprint density at radius 3 is 1.87 bits per heavy atom. The number of hydrogen-bond donors (Lipinski definition) is 9. The van der Waals surface area contributed by atoms with E-state index in [1.165, 1.54) is 0 Å². The van der Waals surface area contributed by atoms with E-state index in [0.717, 1.165) is 12.5 Å². The molecule has 1 aromatic rings. The molecule has 0 saturated carbocycles. The van der Waals surface area contributed by atoms with Gasteiger partial charge in [-0.25, -0.2) is 0 Å². The second-order valence-electron chi connectivity index (χ2n) is 11.0. The van der Waals surface area contributed by atoms with Crippen LogP contribution in [0.4, 0.5) is 0 Å². The van der Waals surface area contributed by atoms with E-state index in [1.54, 1.807) is 13.8 Å². The Hall–Kier alpha value is -4.18. The monoisotopic (exact) mass is 654 g/mol. The van der Waals surface area contributed by atoms with Crippen LogP contribution in [0.5, 0.6) is 0 Å². The molecule has 0 aliphatic heterocycles. The van der Waals surface area contributed by atoms with Gasteiger partial charge in [-0.1, -0.05) is 44.2 Å². The molecule has 0 spiro atoms. The SMILES string of the molecule is CC(=O)N[C@@H](CC(=O)O)C(=O)N[C@@H](CCC(=O)O)C(=O)N[C@H](C(=O)N[C@@H](CC(=O)O)[C@@](O)(S)CCCc1ccccc1)C(C)C. The van der Waals surface area contributed by atoms with E-state index in [1.807, 2.05) is 30.3 Å². The van der Waals surface area contributed by atoms with Crippen molar-refractivity contribution in [1.82, 2.24) is 21.3 Å². The average Bonchev–Trinajstić information content (AvgIpc) is 2.92. The molecule has 8 N–H and O–H groups in total. The van der Waals surface area contributed by atoms with Crippen molar-refractivity contribution in [3.63, 3.8) is 0 Å². The number of aliphatic hydroxyl groups is 1. The van der Waals surface area contributed by atoms with E-state index in [9.17, 15) is 43.8 Å². The predicted molar refractivity (Wildman–Crippen MR) is 163 cm³/mol. The van der Waals surface area contributed by atoms with Gasteiger partial charge in [-0.05, 0) is 37.2 Å². The summed E-state index contributed by atoms with van der Waals surface area (Å²) >= 11 is 4.27. The summed E-state index contributed by atoms with van der Waals surface area (Å²) in [5, 5.41) is 48.0. The van der Waals surface area contributed by atoms with Crippen LogP contribution in [0.25, 0.3) is 0 Å². The molecule has 4 amide bonds. The quantitative estimate of drug-likeness (QED) is 0.0672. The zero-order valence-electron chi connectivity index (χ0n) is 25.3. The minimum absolute atomic E-state index is 0.0110. The Morgan fingerprint density at radius 1 is 0.778 bits per heavy atom. The number of hydrogen-bond acceptors (Lipinski definition) is 9. The summed E-state index contributed by atoms with van der Waals surface area (Å²) in [6.07, 6.45) is -1.57. The summed E-state index contributed by atoms with van der Waals surface area (Å²) in [6.45, 7) is 4.18. The molecule has 0 radical (unpaired) electrons. The summed E-state index contributed by atoms with van der Waals surface area (Å²) in [4.78, 5) is 82.9. The number of carboxylic acid groups (broad SMARTS) is 3. The van der Waals surface area contributed by atoms with Gasteiger partial charge in [0.2, 0.25) is 23.6 Å². The summed E-state index contributed by atoms with van der Waals surface area (Å²) < 4.78 is 0. The van der Waals surface area contributed by atoms with Gasteiger partial charge in [0, 0.05) is 13.3 Å². The minimum Gasteiger partial charge on any atom is -0.481 e. The largest absolute Gasteiger partial charge is 0.481 e. The Labute approximate surface area is 265 Å². The normalized spacial score (nSPS) is 15.0. The van der Waals surface area contributed by atoms with Gasteiger partial charge in [0.1, 0.15) is 23.1 Å². The summed E-state index contributed by atoms with van der Waals surface area (Å²) in [5.74, 6) is -8.32. The summed E-state index contributed by atoms with van der Waals surface area (Å²) in [7, 11) is 0. The number of aliphatic carboxylic acids is 3. The fourth-order valence-electron chi connectivity index (χ4n) is 4.36. The Morgan fingerprint density at radius 2 is 1.36 bits per heavy atom. The smallest absolute Gasteiger partial charge is 0.305 e. The number of carboxylic acids is 3. The second kappa shape index (κ2) is 18.6. The third kappa shape index (κ3) is 14.9. The highest BCUT2D eigenvalue weighted by molar-refractivity contribution is 7.81. The van der Waals surface area contributed by atoms with Crippen molar-refractivity contribution in [2.24, 2.45) is 5.92 Å². The third-order valence-corrected chi connectivity index (χ3v) is 7.24. The van der Waals surface area contributed by atoms with E-state index in [2.05, 4.69) is 33.9 Å². The first-order valence-electron chi connectivity index (χ1n) is 14.2. The molecule has 0 aromatic heterocycles.